The number of aromatic nitrogens is 1. The van der Waals surface area contributed by atoms with Crippen LogP contribution in [0.15, 0.2) is 47.8 Å². The van der Waals surface area contributed by atoms with E-state index in [1.54, 1.807) is 0 Å². The van der Waals surface area contributed by atoms with E-state index >= 15 is 0 Å². The Morgan fingerprint density at radius 2 is 1.97 bits per heavy atom. The van der Waals surface area contributed by atoms with Gasteiger partial charge in [-0.25, -0.2) is 0 Å². The first kappa shape index (κ1) is 21.1. The van der Waals surface area contributed by atoms with E-state index in [1.165, 1.54) is 43.4 Å². The average Bonchev–Trinajstić information content (AvgIpc) is 3.33. The van der Waals surface area contributed by atoms with Crippen LogP contribution in [0.1, 0.15) is 25.0 Å². The molecule has 0 fully saturated rings. The van der Waals surface area contributed by atoms with E-state index in [0.717, 1.165) is 19.6 Å². The molecule has 0 aliphatic rings. The van der Waals surface area contributed by atoms with Gasteiger partial charge in [-0.15, -0.1) is 11.3 Å². The van der Waals surface area contributed by atoms with E-state index in [2.05, 4.69) is 71.6 Å². The Morgan fingerprint density at radius 3 is 2.70 bits per heavy atom. The normalized spacial score (nSPS) is 12.8. The van der Waals surface area contributed by atoms with Gasteiger partial charge in [0.25, 0.3) is 0 Å². The number of ether oxygens (including phenoxy) is 1. The summed E-state index contributed by atoms with van der Waals surface area (Å²) < 4.78 is 8.06. The first-order valence-electron chi connectivity index (χ1n) is 10.7. The summed E-state index contributed by atoms with van der Waals surface area (Å²) in [5.41, 5.74) is 12.1. The predicted molar refractivity (Wildman–Crippen MR) is 129 cm³/mol. The van der Waals surface area contributed by atoms with Crippen LogP contribution in [0, 0.1) is 6.92 Å². The molecule has 1 unspecified atom stereocenters. The number of nitrogens with one attached hydrogen (secondary N) is 1. The molecule has 3 N–H and O–H groups in total. The van der Waals surface area contributed by atoms with Crippen molar-refractivity contribution in [3.8, 4) is 10.4 Å². The lowest BCUT2D eigenvalue weighted by atomic mass is 10.1. The largest absolute Gasteiger partial charge is 0.376 e. The number of nitrogens with two attached hydrogens (primary N) is 1. The molecule has 0 saturated heterocycles. The monoisotopic (exact) mass is 421 g/mol. The molecule has 0 radical (unpaired) electrons. The maximum Gasteiger partial charge on any atom is 0.0669 e. The van der Waals surface area contributed by atoms with Crippen LogP contribution in [0.3, 0.4) is 0 Å². The topological polar surface area (TPSA) is 52.2 Å². The second kappa shape index (κ2) is 9.31. The molecule has 158 valence electrons. The fraction of sp³-hybridized carbons (Fsp3) is 0.360. The molecular formula is C25H31N3OS. The van der Waals surface area contributed by atoms with Gasteiger partial charge >= 0.3 is 0 Å². The molecule has 0 bridgehead atoms. The number of aryl methyl sites for hydroxylation is 2. The maximum atomic E-state index is 5.63. The highest BCUT2D eigenvalue weighted by molar-refractivity contribution is 7.13. The standard InChI is InChI=1S/C25H31N3OS/c1-4-28-23-8-5-19(15-27-9-10-29-18(3)14-26)12-22(23)21-7-6-20(13-24(21)28)25-11-17(2)16-30-25/h5-8,11-13,16,18,27H,4,9-10,14-15,26H2,1-3H3. The molecule has 2 aromatic carbocycles. The van der Waals surface area contributed by atoms with Gasteiger partial charge in [0.15, 0.2) is 0 Å². The Balaban J connectivity index is 1.59. The molecule has 0 aliphatic heterocycles. The molecule has 4 aromatic rings. The molecule has 4 nitrogen and oxygen atoms in total. The number of hydrogen-bond acceptors (Lipinski definition) is 4. The van der Waals surface area contributed by atoms with E-state index in [0.29, 0.717) is 13.2 Å². The Morgan fingerprint density at radius 1 is 1.10 bits per heavy atom. The van der Waals surface area contributed by atoms with Crippen molar-refractivity contribution in [3.05, 3.63) is 59.0 Å². The summed E-state index contributed by atoms with van der Waals surface area (Å²) in [6.07, 6.45) is 0.117. The number of fused-ring (bicyclic) bond motifs is 3. The summed E-state index contributed by atoms with van der Waals surface area (Å²) in [7, 11) is 0. The van der Waals surface area contributed by atoms with E-state index in [1.807, 2.05) is 18.3 Å². The molecule has 2 heterocycles. The number of hydrogen-bond donors (Lipinski definition) is 2. The van der Waals surface area contributed by atoms with Crippen molar-refractivity contribution in [1.82, 2.24) is 9.88 Å². The third kappa shape index (κ3) is 4.30. The Labute approximate surface area is 182 Å². The number of nitrogens with zero attached hydrogens (tertiary/aromatic N) is 1. The van der Waals surface area contributed by atoms with Crippen molar-refractivity contribution in [1.29, 1.82) is 0 Å². The van der Waals surface area contributed by atoms with E-state index < -0.39 is 0 Å². The van der Waals surface area contributed by atoms with Gasteiger partial charge in [0.2, 0.25) is 0 Å². The second-order valence-corrected chi connectivity index (χ2v) is 8.82. The van der Waals surface area contributed by atoms with Gasteiger partial charge in [0.05, 0.1) is 12.7 Å². The molecule has 0 spiro atoms. The smallest absolute Gasteiger partial charge is 0.0669 e. The van der Waals surface area contributed by atoms with Gasteiger partial charge in [0, 0.05) is 52.9 Å². The third-order valence-electron chi connectivity index (χ3n) is 5.60. The molecule has 0 amide bonds. The Bertz CT molecular complexity index is 1140. The summed E-state index contributed by atoms with van der Waals surface area (Å²) in [5, 5.41) is 8.35. The van der Waals surface area contributed by atoms with Crippen LogP contribution in [0.4, 0.5) is 0 Å². The number of benzene rings is 2. The fourth-order valence-corrected chi connectivity index (χ4v) is 4.86. The van der Waals surface area contributed by atoms with Gasteiger partial charge in [-0.05, 0) is 67.1 Å². The van der Waals surface area contributed by atoms with Crippen molar-refractivity contribution in [2.45, 2.75) is 40.0 Å². The first-order valence-corrected chi connectivity index (χ1v) is 11.6. The number of rotatable bonds is 9. The van der Waals surface area contributed by atoms with Crippen LogP contribution >= 0.6 is 11.3 Å². The lowest BCUT2D eigenvalue weighted by Gasteiger charge is -2.11. The van der Waals surface area contributed by atoms with Crippen LogP contribution in [0.5, 0.6) is 0 Å². The SMILES string of the molecule is CCn1c2ccc(CNCCOC(C)CN)cc2c2ccc(-c3cc(C)cs3)cc21. The first-order chi connectivity index (χ1) is 14.6. The minimum atomic E-state index is 0.117. The predicted octanol–water partition coefficient (Wildman–Crippen LogP) is 5.30. The Kier molecular flexibility index (Phi) is 6.54. The average molecular weight is 422 g/mol. The molecule has 1 atom stereocenters. The highest BCUT2D eigenvalue weighted by atomic mass is 32.1. The van der Waals surface area contributed by atoms with Crippen molar-refractivity contribution in [2.24, 2.45) is 5.73 Å². The van der Waals surface area contributed by atoms with E-state index in [-0.39, 0.29) is 6.10 Å². The minimum absolute atomic E-state index is 0.117. The summed E-state index contributed by atoms with van der Waals surface area (Å²) in [5.74, 6) is 0. The van der Waals surface area contributed by atoms with Crippen LogP contribution in [-0.4, -0.2) is 30.4 Å². The summed E-state index contributed by atoms with van der Waals surface area (Å²) in [4.78, 5) is 1.33. The van der Waals surface area contributed by atoms with Crippen molar-refractivity contribution in [3.63, 3.8) is 0 Å². The van der Waals surface area contributed by atoms with E-state index in [4.69, 9.17) is 10.5 Å². The van der Waals surface area contributed by atoms with Crippen LogP contribution in [-0.2, 0) is 17.8 Å². The van der Waals surface area contributed by atoms with Crippen molar-refractivity contribution >= 4 is 33.1 Å². The van der Waals surface area contributed by atoms with Crippen LogP contribution in [0.25, 0.3) is 32.2 Å². The summed E-state index contributed by atoms with van der Waals surface area (Å²) in [6, 6.07) is 16.0. The lowest BCUT2D eigenvalue weighted by Crippen LogP contribution is -2.25. The van der Waals surface area contributed by atoms with Crippen LogP contribution in [0.2, 0.25) is 0 Å². The van der Waals surface area contributed by atoms with Gasteiger partial charge in [-0.1, -0.05) is 18.2 Å². The number of thiophene rings is 1. The zero-order valence-corrected chi connectivity index (χ0v) is 18.9. The molecule has 30 heavy (non-hydrogen) atoms. The zero-order chi connectivity index (χ0) is 21.1. The van der Waals surface area contributed by atoms with Crippen molar-refractivity contribution in [2.75, 3.05) is 19.7 Å². The Hall–Kier alpha value is -2.18. The van der Waals surface area contributed by atoms with Crippen LogP contribution < -0.4 is 11.1 Å². The van der Waals surface area contributed by atoms with Gasteiger partial charge in [-0.3, -0.25) is 0 Å². The lowest BCUT2D eigenvalue weighted by molar-refractivity contribution is 0.0738. The molecule has 0 saturated carbocycles. The highest BCUT2D eigenvalue weighted by Crippen LogP contribution is 2.34. The van der Waals surface area contributed by atoms with Gasteiger partial charge in [0.1, 0.15) is 0 Å². The quantitative estimate of drug-likeness (QED) is 0.360. The third-order valence-corrected chi connectivity index (χ3v) is 6.70. The highest BCUT2D eigenvalue weighted by Gasteiger charge is 2.12. The minimum Gasteiger partial charge on any atom is -0.376 e. The maximum absolute atomic E-state index is 5.63. The fourth-order valence-electron chi connectivity index (χ4n) is 3.97. The van der Waals surface area contributed by atoms with E-state index in [9.17, 15) is 0 Å². The summed E-state index contributed by atoms with van der Waals surface area (Å²) in [6.45, 7) is 10.2. The molecule has 4 rings (SSSR count). The molecule has 2 aromatic heterocycles. The molecule has 5 heteroatoms. The summed E-state index contributed by atoms with van der Waals surface area (Å²) >= 11 is 1.82. The van der Waals surface area contributed by atoms with Gasteiger partial charge in [-0.2, -0.15) is 0 Å². The second-order valence-electron chi connectivity index (χ2n) is 7.91. The molecular weight excluding hydrogens is 390 g/mol. The zero-order valence-electron chi connectivity index (χ0n) is 18.1. The van der Waals surface area contributed by atoms with Crippen molar-refractivity contribution < 1.29 is 4.74 Å². The molecule has 0 aliphatic carbocycles. The van der Waals surface area contributed by atoms with Gasteiger partial charge < -0.3 is 20.4 Å².